The molecule has 0 saturated heterocycles. The highest BCUT2D eigenvalue weighted by atomic mass is 15.2. The van der Waals surface area contributed by atoms with E-state index in [9.17, 15) is 0 Å². The van der Waals surface area contributed by atoms with Crippen LogP contribution >= 0.6 is 0 Å². The van der Waals surface area contributed by atoms with Crippen LogP contribution in [0, 0.1) is 0 Å². The van der Waals surface area contributed by atoms with Crippen LogP contribution in [-0.2, 0) is 0 Å². The molecule has 0 unspecified atom stereocenters. The average molecular weight is 1430 g/mol. The van der Waals surface area contributed by atoms with Crippen molar-refractivity contribution in [2.75, 3.05) is 0 Å². The standard InChI is InChI=1S/C52H34N4.C51H33N5/c1-3-12-35(13-4-1)38-14-11-15-39(32-38)36-22-24-37(25-23-36)47-30-31-53-52(54-47)56-49-21-10-7-18-43(49)45-28-26-41(34-51(45)56)40-27-29-50-46(33-40)44-19-8-9-20-48(44)55(50)42-16-5-2-6-17-42;1-3-13-34(14-4-1)35-15-11-16-36(29-35)37-17-12-18-40(30-37)50-52-33-53-51(54-50)56-47-24-10-7-21-42(47)44-27-25-39(32-49(44)56)38-26-28-48-45(31-38)43-22-8-9-23-46(43)55(48)41-19-5-2-6-20-41/h1-34H;1-33H. The summed E-state index contributed by atoms with van der Waals surface area (Å²) >= 11 is 0. The Hall–Kier alpha value is -15.2. The van der Waals surface area contributed by atoms with Crippen molar-refractivity contribution in [1.82, 2.24) is 43.2 Å². The molecule has 0 atom stereocenters. The topological polar surface area (TPSA) is 84.2 Å². The SMILES string of the molecule is c1ccc(-c2cccc(-c3ccc(-c4ccnc(-n5c6ccccc6c6ccc(-c7ccc8c(c7)c7ccccc7n8-c7ccccc7)cc65)n4)cc3)c2)cc1.c1ccc(-c2cccc(-c3cccc(-c4ncnc(-n5c6ccccc6c6ccc(-c7ccc8c(c7)c7ccccc7n8-c7ccccc7)cc65)n4)c3)c2)cc1. The molecule has 0 amide bonds. The molecule has 0 saturated carbocycles. The van der Waals surface area contributed by atoms with Crippen LogP contribution in [0.4, 0.5) is 0 Å². The van der Waals surface area contributed by atoms with Crippen LogP contribution in [0.3, 0.4) is 0 Å². The fraction of sp³-hybridized carbons (Fsp3) is 0. The maximum atomic E-state index is 5.20. The third-order valence-corrected chi connectivity index (χ3v) is 21.9. The summed E-state index contributed by atoms with van der Waals surface area (Å²) in [5, 5.41) is 9.56. The van der Waals surface area contributed by atoms with Gasteiger partial charge in [-0.15, -0.1) is 0 Å². The Labute approximate surface area is 645 Å². The van der Waals surface area contributed by atoms with Gasteiger partial charge in [0.05, 0.1) is 49.8 Å². The summed E-state index contributed by atoms with van der Waals surface area (Å²) in [5.41, 5.74) is 28.1. The zero-order valence-electron chi connectivity index (χ0n) is 60.7. The lowest BCUT2D eigenvalue weighted by Gasteiger charge is -2.10. The Bertz CT molecular complexity index is 7360. The zero-order valence-corrected chi connectivity index (χ0v) is 60.7. The molecule has 0 fully saturated rings. The minimum Gasteiger partial charge on any atom is -0.309 e. The van der Waals surface area contributed by atoms with Gasteiger partial charge in [-0.3, -0.25) is 9.13 Å². The Kier molecular flexibility index (Phi) is 16.0. The lowest BCUT2D eigenvalue weighted by Crippen LogP contribution is -2.03. The smallest absolute Gasteiger partial charge is 0.238 e. The molecule has 22 aromatic rings. The van der Waals surface area contributed by atoms with Crippen molar-refractivity contribution in [2.24, 2.45) is 0 Å². The second kappa shape index (κ2) is 27.5. The van der Waals surface area contributed by atoms with Crippen LogP contribution in [0.2, 0.25) is 0 Å². The van der Waals surface area contributed by atoms with E-state index in [1.807, 2.05) is 18.3 Å². The van der Waals surface area contributed by atoms with Gasteiger partial charge in [0.25, 0.3) is 0 Å². The van der Waals surface area contributed by atoms with E-state index in [1.54, 1.807) is 6.33 Å². The highest BCUT2D eigenvalue weighted by Gasteiger charge is 2.22. The van der Waals surface area contributed by atoms with Crippen LogP contribution < -0.4 is 0 Å². The van der Waals surface area contributed by atoms with Crippen LogP contribution in [0.1, 0.15) is 0 Å². The van der Waals surface area contributed by atoms with Crippen molar-refractivity contribution < 1.29 is 0 Å². The summed E-state index contributed by atoms with van der Waals surface area (Å²) in [6.45, 7) is 0. The second-order valence-corrected chi connectivity index (χ2v) is 28.4. The van der Waals surface area contributed by atoms with Crippen molar-refractivity contribution in [2.45, 2.75) is 0 Å². The maximum Gasteiger partial charge on any atom is 0.238 e. The van der Waals surface area contributed by atoms with E-state index in [4.69, 9.17) is 19.9 Å². The first-order valence-corrected chi connectivity index (χ1v) is 37.8. The largest absolute Gasteiger partial charge is 0.309 e. The number of fused-ring (bicyclic) bond motifs is 12. The molecule has 9 heteroatoms. The summed E-state index contributed by atoms with van der Waals surface area (Å²) < 4.78 is 9.09. The molecule has 0 aliphatic heterocycles. The number of nitrogens with zero attached hydrogens (tertiary/aromatic N) is 9. The predicted octanol–water partition coefficient (Wildman–Crippen LogP) is 26.1. The number of rotatable bonds is 12. The van der Waals surface area contributed by atoms with Crippen molar-refractivity contribution in [3.63, 3.8) is 0 Å². The van der Waals surface area contributed by atoms with Crippen molar-refractivity contribution in [3.8, 4) is 113 Å². The molecule has 0 N–H and O–H groups in total. The molecule has 6 aromatic heterocycles. The van der Waals surface area contributed by atoms with E-state index in [2.05, 4.69) is 405 Å². The van der Waals surface area contributed by atoms with Gasteiger partial charge in [0.15, 0.2) is 5.82 Å². The van der Waals surface area contributed by atoms with E-state index in [-0.39, 0.29) is 0 Å². The second-order valence-electron chi connectivity index (χ2n) is 28.4. The third-order valence-electron chi connectivity index (χ3n) is 21.9. The summed E-state index contributed by atoms with van der Waals surface area (Å²) in [6.07, 6.45) is 3.50. The average Bonchev–Trinajstić information content (AvgIpc) is 1.59. The summed E-state index contributed by atoms with van der Waals surface area (Å²) in [6, 6.07) is 140. The number of hydrogen-bond acceptors (Lipinski definition) is 5. The fourth-order valence-electron chi connectivity index (χ4n) is 16.6. The van der Waals surface area contributed by atoms with E-state index >= 15 is 0 Å². The minimum absolute atomic E-state index is 0.580. The Morgan fingerprint density at radius 1 is 0.170 bits per heavy atom. The first-order valence-electron chi connectivity index (χ1n) is 37.8. The normalized spacial score (nSPS) is 11.6. The molecule has 16 aromatic carbocycles. The molecule has 0 spiro atoms. The van der Waals surface area contributed by atoms with Gasteiger partial charge in [0, 0.05) is 71.8 Å². The molecule has 0 radical (unpaired) electrons. The van der Waals surface area contributed by atoms with Crippen molar-refractivity contribution >= 4 is 87.2 Å². The molecule has 6 heterocycles. The summed E-state index contributed by atoms with van der Waals surface area (Å²) in [5.74, 6) is 1.85. The van der Waals surface area contributed by atoms with Gasteiger partial charge in [0.2, 0.25) is 11.9 Å². The third kappa shape index (κ3) is 11.5. The van der Waals surface area contributed by atoms with E-state index in [0.29, 0.717) is 17.7 Å². The molecule has 0 aliphatic carbocycles. The Morgan fingerprint density at radius 2 is 0.482 bits per heavy atom. The van der Waals surface area contributed by atoms with Gasteiger partial charge < -0.3 is 9.13 Å². The first kappa shape index (κ1) is 65.1. The van der Waals surface area contributed by atoms with Crippen molar-refractivity contribution in [1.29, 1.82) is 0 Å². The number of benzene rings is 16. The monoisotopic (exact) mass is 1430 g/mol. The Morgan fingerprint density at radius 3 is 0.955 bits per heavy atom. The zero-order chi connectivity index (χ0) is 74.0. The lowest BCUT2D eigenvalue weighted by molar-refractivity contribution is 0.947. The van der Waals surface area contributed by atoms with Crippen molar-refractivity contribution in [3.05, 3.63) is 407 Å². The molecular formula is C103H67N9. The van der Waals surface area contributed by atoms with Gasteiger partial charge in [-0.05, 0) is 176 Å². The first-order chi connectivity index (χ1) is 55.5. The summed E-state index contributed by atoms with van der Waals surface area (Å²) in [4.78, 5) is 24.7. The fourth-order valence-corrected chi connectivity index (χ4v) is 16.6. The number of hydrogen-bond donors (Lipinski definition) is 0. The quantitative estimate of drug-likeness (QED) is 0.122. The van der Waals surface area contributed by atoms with E-state index in [1.165, 1.54) is 87.8 Å². The molecular weight excluding hydrogens is 1360 g/mol. The molecule has 9 nitrogen and oxygen atoms in total. The number of aromatic nitrogens is 9. The predicted molar refractivity (Wildman–Crippen MR) is 463 cm³/mol. The van der Waals surface area contributed by atoms with Gasteiger partial charge in [-0.1, -0.05) is 285 Å². The highest BCUT2D eigenvalue weighted by molar-refractivity contribution is 6.14. The molecule has 112 heavy (non-hydrogen) atoms. The lowest BCUT2D eigenvalue weighted by atomic mass is 9.98. The van der Waals surface area contributed by atoms with Crippen LogP contribution in [-0.4, -0.2) is 43.2 Å². The van der Waals surface area contributed by atoms with Crippen LogP contribution in [0.25, 0.3) is 200 Å². The van der Waals surface area contributed by atoms with Crippen LogP contribution in [0.15, 0.2) is 407 Å². The molecule has 0 bridgehead atoms. The van der Waals surface area contributed by atoms with Gasteiger partial charge >= 0.3 is 0 Å². The van der Waals surface area contributed by atoms with Gasteiger partial charge in [-0.2, -0.15) is 4.98 Å². The minimum atomic E-state index is 0.580. The molecule has 0 aliphatic rings. The number of para-hydroxylation sites is 6. The summed E-state index contributed by atoms with van der Waals surface area (Å²) in [7, 11) is 0. The molecule has 524 valence electrons. The highest BCUT2D eigenvalue weighted by Crippen LogP contribution is 2.42. The molecule has 22 rings (SSSR count). The van der Waals surface area contributed by atoms with Gasteiger partial charge in [-0.25, -0.2) is 19.9 Å². The van der Waals surface area contributed by atoms with Crippen LogP contribution in [0.5, 0.6) is 0 Å². The Balaban J connectivity index is 0.000000141. The van der Waals surface area contributed by atoms with E-state index < -0.39 is 0 Å². The van der Waals surface area contributed by atoms with E-state index in [0.717, 1.165) is 94.4 Å². The maximum absolute atomic E-state index is 5.20. The van der Waals surface area contributed by atoms with Gasteiger partial charge in [0.1, 0.15) is 6.33 Å².